The lowest BCUT2D eigenvalue weighted by Crippen LogP contribution is -2.48. The van der Waals surface area contributed by atoms with E-state index < -0.39 is 5.91 Å². The number of hydrogen-bond acceptors (Lipinski definition) is 6. The van der Waals surface area contributed by atoms with Crippen LogP contribution >= 0.6 is 23.6 Å². The number of thiocarbonyl (C=S) groups is 1. The van der Waals surface area contributed by atoms with Crippen molar-refractivity contribution < 1.29 is 19.1 Å². The molecule has 1 aliphatic rings. The molecular weight excluding hydrogens is 338 g/mol. The van der Waals surface area contributed by atoms with Gasteiger partial charge in [-0.05, 0) is 41.9 Å². The zero-order chi connectivity index (χ0) is 16.2. The van der Waals surface area contributed by atoms with Gasteiger partial charge in [0.25, 0.3) is 11.8 Å². The van der Waals surface area contributed by atoms with E-state index in [4.69, 9.17) is 21.7 Å². The Kier molecular flexibility index (Phi) is 4.40. The van der Waals surface area contributed by atoms with Gasteiger partial charge >= 0.3 is 0 Å². The highest BCUT2D eigenvalue weighted by Gasteiger charge is 2.17. The first-order valence-corrected chi connectivity index (χ1v) is 7.77. The van der Waals surface area contributed by atoms with Gasteiger partial charge in [0.15, 0.2) is 16.6 Å². The van der Waals surface area contributed by atoms with Crippen LogP contribution in [-0.4, -0.2) is 23.7 Å². The molecule has 23 heavy (non-hydrogen) atoms. The number of hydrogen-bond donors (Lipinski definition) is 3. The minimum atomic E-state index is -0.425. The van der Waals surface area contributed by atoms with E-state index in [1.54, 1.807) is 35.7 Å². The third-order valence-electron chi connectivity index (χ3n) is 2.90. The summed E-state index contributed by atoms with van der Waals surface area (Å²) in [6.07, 6.45) is 0. The molecule has 0 unspecified atom stereocenters. The highest BCUT2D eigenvalue weighted by atomic mass is 32.1. The van der Waals surface area contributed by atoms with Crippen molar-refractivity contribution in [3.8, 4) is 11.5 Å². The van der Waals surface area contributed by atoms with Gasteiger partial charge in [-0.25, -0.2) is 0 Å². The van der Waals surface area contributed by atoms with Crippen molar-refractivity contribution in [3.63, 3.8) is 0 Å². The number of nitrogens with one attached hydrogen (secondary N) is 3. The molecule has 3 N–H and O–H groups in total. The van der Waals surface area contributed by atoms with Gasteiger partial charge in [-0.2, -0.15) is 0 Å². The number of benzene rings is 1. The summed E-state index contributed by atoms with van der Waals surface area (Å²) < 4.78 is 10.4. The van der Waals surface area contributed by atoms with Crippen LogP contribution in [0.15, 0.2) is 35.7 Å². The van der Waals surface area contributed by atoms with Crippen LogP contribution in [0.1, 0.15) is 20.0 Å². The van der Waals surface area contributed by atoms with E-state index in [0.29, 0.717) is 21.9 Å². The van der Waals surface area contributed by atoms with Gasteiger partial charge in [-0.15, -0.1) is 11.3 Å². The van der Waals surface area contributed by atoms with Crippen molar-refractivity contribution >= 4 is 40.5 Å². The molecule has 0 radical (unpaired) electrons. The second-order valence-corrected chi connectivity index (χ2v) is 5.76. The lowest BCUT2D eigenvalue weighted by Gasteiger charge is -2.10. The first-order valence-electron chi connectivity index (χ1n) is 6.48. The third kappa shape index (κ3) is 3.58. The van der Waals surface area contributed by atoms with Gasteiger partial charge in [0.1, 0.15) is 0 Å². The lowest BCUT2D eigenvalue weighted by atomic mass is 10.2. The van der Waals surface area contributed by atoms with Gasteiger partial charge in [-0.3, -0.25) is 25.8 Å². The Balaban J connectivity index is 1.53. The fourth-order valence-corrected chi connectivity index (χ4v) is 2.59. The van der Waals surface area contributed by atoms with E-state index in [1.807, 2.05) is 0 Å². The summed E-state index contributed by atoms with van der Waals surface area (Å²) in [4.78, 5) is 24.3. The number of thiophene rings is 1. The largest absolute Gasteiger partial charge is 0.454 e. The molecule has 0 saturated heterocycles. The third-order valence-corrected chi connectivity index (χ3v) is 3.97. The number of carbonyl (C=O) groups excluding carboxylic acids is 2. The van der Waals surface area contributed by atoms with E-state index in [9.17, 15) is 9.59 Å². The average molecular weight is 349 g/mol. The first-order chi connectivity index (χ1) is 11.1. The number of hydrazine groups is 1. The molecular formula is C14H11N3O4S2. The Hall–Kier alpha value is -2.65. The van der Waals surface area contributed by atoms with Gasteiger partial charge in [0.05, 0.1) is 4.88 Å². The molecule has 7 nitrogen and oxygen atoms in total. The van der Waals surface area contributed by atoms with Crippen molar-refractivity contribution in [2.45, 2.75) is 0 Å². The van der Waals surface area contributed by atoms with Crippen molar-refractivity contribution in [2.75, 3.05) is 6.79 Å². The zero-order valence-corrected chi connectivity index (χ0v) is 13.3. The molecule has 2 aromatic rings. The van der Waals surface area contributed by atoms with Gasteiger partial charge in [0, 0.05) is 5.56 Å². The topological polar surface area (TPSA) is 88.7 Å². The SMILES string of the molecule is O=C(NC(=S)NNC(=O)c1cccs1)c1ccc2c(c1)OCO2. The van der Waals surface area contributed by atoms with Gasteiger partial charge < -0.3 is 9.47 Å². The standard InChI is InChI=1S/C14H11N3O4S2/c18-12(8-3-4-9-10(6-8)21-7-20-9)15-14(22)17-16-13(19)11-2-1-5-23-11/h1-6H,7H2,(H,16,19)(H2,15,17,18,22). The summed E-state index contributed by atoms with van der Waals surface area (Å²) >= 11 is 6.26. The van der Waals surface area contributed by atoms with Crippen LogP contribution in [0.3, 0.4) is 0 Å². The predicted molar refractivity (Wildman–Crippen MR) is 87.6 cm³/mol. The van der Waals surface area contributed by atoms with Crippen LogP contribution in [0.2, 0.25) is 0 Å². The molecule has 1 aliphatic heterocycles. The minimum Gasteiger partial charge on any atom is -0.454 e. The van der Waals surface area contributed by atoms with Crippen LogP contribution in [0, 0.1) is 0 Å². The van der Waals surface area contributed by atoms with Gasteiger partial charge in [0.2, 0.25) is 6.79 Å². The fourth-order valence-electron chi connectivity index (χ4n) is 1.83. The number of ether oxygens (including phenoxy) is 2. The van der Waals surface area contributed by atoms with Crippen LogP contribution < -0.4 is 25.6 Å². The summed E-state index contributed by atoms with van der Waals surface area (Å²) in [5.41, 5.74) is 5.24. The number of fused-ring (bicyclic) bond motifs is 1. The molecule has 0 aliphatic carbocycles. The Bertz CT molecular complexity index is 761. The van der Waals surface area contributed by atoms with E-state index >= 15 is 0 Å². The van der Waals surface area contributed by atoms with E-state index in [-0.39, 0.29) is 17.8 Å². The van der Waals surface area contributed by atoms with Crippen LogP contribution in [0.25, 0.3) is 0 Å². The second-order valence-electron chi connectivity index (χ2n) is 4.41. The maximum Gasteiger partial charge on any atom is 0.279 e. The Morgan fingerprint density at radius 3 is 2.70 bits per heavy atom. The highest BCUT2D eigenvalue weighted by molar-refractivity contribution is 7.80. The monoisotopic (exact) mass is 349 g/mol. The molecule has 3 rings (SSSR count). The summed E-state index contributed by atoms with van der Waals surface area (Å²) in [7, 11) is 0. The fraction of sp³-hybridized carbons (Fsp3) is 0.0714. The summed E-state index contributed by atoms with van der Waals surface area (Å²) in [5.74, 6) is 0.332. The van der Waals surface area contributed by atoms with Crippen molar-refractivity contribution in [1.29, 1.82) is 0 Å². The molecule has 2 amide bonds. The molecule has 0 bridgehead atoms. The van der Waals surface area contributed by atoms with Crippen LogP contribution in [0.5, 0.6) is 11.5 Å². The summed E-state index contributed by atoms with van der Waals surface area (Å²) in [6, 6.07) is 8.24. The second kappa shape index (κ2) is 6.63. The van der Waals surface area contributed by atoms with E-state index in [1.165, 1.54) is 11.3 Å². The molecule has 1 aromatic carbocycles. The molecule has 0 saturated carbocycles. The molecule has 0 fully saturated rings. The smallest absolute Gasteiger partial charge is 0.279 e. The Labute approximate surface area is 140 Å². The Morgan fingerprint density at radius 2 is 1.91 bits per heavy atom. The summed E-state index contributed by atoms with van der Waals surface area (Å²) in [6.45, 7) is 0.134. The van der Waals surface area contributed by atoms with Gasteiger partial charge in [-0.1, -0.05) is 6.07 Å². The quantitative estimate of drug-likeness (QED) is 0.561. The molecule has 1 aromatic heterocycles. The average Bonchev–Trinajstić information content (AvgIpc) is 3.22. The normalized spacial score (nSPS) is 11.7. The highest BCUT2D eigenvalue weighted by Crippen LogP contribution is 2.32. The molecule has 0 spiro atoms. The van der Waals surface area contributed by atoms with E-state index in [2.05, 4.69) is 16.2 Å². The van der Waals surface area contributed by atoms with Crippen LogP contribution in [-0.2, 0) is 0 Å². The molecule has 9 heteroatoms. The number of amides is 2. The van der Waals surface area contributed by atoms with E-state index in [0.717, 1.165) is 0 Å². The lowest BCUT2D eigenvalue weighted by molar-refractivity contribution is 0.0938. The Morgan fingerprint density at radius 1 is 1.09 bits per heavy atom. The maximum absolute atomic E-state index is 12.1. The zero-order valence-electron chi connectivity index (χ0n) is 11.6. The summed E-state index contributed by atoms with van der Waals surface area (Å²) in [5, 5.41) is 4.23. The number of rotatable bonds is 2. The first kappa shape index (κ1) is 15.3. The minimum absolute atomic E-state index is 0.0161. The molecule has 118 valence electrons. The number of carbonyl (C=O) groups is 2. The van der Waals surface area contributed by atoms with Crippen molar-refractivity contribution in [1.82, 2.24) is 16.2 Å². The predicted octanol–water partition coefficient (Wildman–Crippen LogP) is 1.43. The maximum atomic E-state index is 12.1. The molecule has 2 heterocycles. The van der Waals surface area contributed by atoms with Crippen LogP contribution in [0.4, 0.5) is 0 Å². The molecule has 0 atom stereocenters. The van der Waals surface area contributed by atoms with Crippen molar-refractivity contribution in [3.05, 3.63) is 46.2 Å². The van der Waals surface area contributed by atoms with Crippen molar-refractivity contribution in [2.24, 2.45) is 0 Å².